The molecule has 0 aliphatic rings. The third-order valence-electron chi connectivity index (χ3n) is 3.99. The molecule has 0 amide bonds. The molecule has 0 unspecified atom stereocenters. The third kappa shape index (κ3) is 5.70. The number of hydrogen-bond donors (Lipinski definition) is 1. The van der Waals surface area contributed by atoms with Gasteiger partial charge in [-0.2, -0.15) is 4.98 Å². The summed E-state index contributed by atoms with van der Waals surface area (Å²) in [5, 5.41) is 3.92. The van der Waals surface area contributed by atoms with Gasteiger partial charge in [-0.15, -0.1) is 0 Å². The van der Waals surface area contributed by atoms with Gasteiger partial charge in [0, 0.05) is 18.5 Å². The second-order valence-electron chi connectivity index (χ2n) is 6.04. The summed E-state index contributed by atoms with van der Waals surface area (Å²) in [6, 6.07) is 15.6. The van der Waals surface area contributed by atoms with Crippen LogP contribution in [0.4, 0.5) is 4.39 Å². The Kier molecular flexibility index (Phi) is 6.31. The van der Waals surface area contributed by atoms with Crippen LogP contribution in [0.3, 0.4) is 0 Å². The first-order valence-corrected chi connectivity index (χ1v) is 10.3. The van der Waals surface area contributed by atoms with E-state index in [0.29, 0.717) is 30.1 Å². The van der Waals surface area contributed by atoms with Crippen molar-refractivity contribution >= 4 is 10.0 Å². The number of aromatic nitrogens is 2. The van der Waals surface area contributed by atoms with Crippen molar-refractivity contribution in [1.29, 1.82) is 0 Å². The van der Waals surface area contributed by atoms with E-state index in [0.717, 1.165) is 5.56 Å². The van der Waals surface area contributed by atoms with Crippen LogP contribution in [0.2, 0.25) is 0 Å². The fraction of sp³-hybridized carbons (Fsp3) is 0.263. The Morgan fingerprint density at radius 1 is 1.00 bits per heavy atom. The van der Waals surface area contributed by atoms with E-state index in [1.807, 2.05) is 30.3 Å². The Morgan fingerprint density at radius 3 is 2.52 bits per heavy atom. The van der Waals surface area contributed by atoms with Crippen LogP contribution >= 0.6 is 0 Å². The number of halogens is 1. The highest BCUT2D eigenvalue weighted by Gasteiger charge is 2.13. The van der Waals surface area contributed by atoms with Crippen LogP contribution in [0.25, 0.3) is 11.4 Å². The Hall–Kier alpha value is -2.58. The van der Waals surface area contributed by atoms with Crippen molar-refractivity contribution in [2.45, 2.75) is 19.3 Å². The smallest absolute Gasteiger partial charge is 0.227 e. The van der Waals surface area contributed by atoms with Crippen molar-refractivity contribution in [2.24, 2.45) is 0 Å². The highest BCUT2D eigenvalue weighted by Crippen LogP contribution is 2.15. The number of hydrogen-bond acceptors (Lipinski definition) is 5. The summed E-state index contributed by atoms with van der Waals surface area (Å²) in [6.45, 7) is 0.253. The second-order valence-corrected chi connectivity index (χ2v) is 7.96. The van der Waals surface area contributed by atoms with Crippen molar-refractivity contribution in [3.63, 3.8) is 0 Å². The van der Waals surface area contributed by atoms with E-state index in [4.69, 9.17) is 4.52 Å². The molecule has 0 fully saturated rings. The molecule has 3 aromatic rings. The van der Waals surface area contributed by atoms with Gasteiger partial charge in [0.05, 0.1) is 5.75 Å². The molecule has 2 aromatic carbocycles. The third-order valence-corrected chi connectivity index (χ3v) is 5.37. The summed E-state index contributed by atoms with van der Waals surface area (Å²) in [7, 11) is -3.47. The van der Waals surface area contributed by atoms with Crippen LogP contribution in [0.1, 0.15) is 17.9 Å². The summed E-state index contributed by atoms with van der Waals surface area (Å²) < 4.78 is 45.3. The van der Waals surface area contributed by atoms with Gasteiger partial charge in [-0.3, -0.25) is 0 Å². The summed E-state index contributed by atoms with van der Waals surface area (Å²) in [5.74, 6) is 0.418. The highest BCUT2D eigenvalue weighted by molar-refractivity contribution is 7.89. The van der Waals surface area contributed by atoms with Gasteiger partial charge in [-0.1, -0.05) is 53.7 Å². The predicted octanol–water partition coefficient (Wildman–Crippen LogP) is 2.97. The largest absolute Gasteiger partial charge is 0.339 e. The molecule has 0 aliphatic carbocycles. The minimum Gasteiger partial charge on any atom is -0.339 e. The van der Waals surface area contributed by atoms with Gasteiger partial charge in [-0.05, 0) is 24.5 Å². The van der Waals surface area contributed by atoms with E-state index in [1.54, 1.807) is 18.2 Å². The van der Waals surface area contributed by atoms with Crippen molar-refractivity contribution in [2.75, 3.05) is 12.3 Å². The molecule has 3 rings (SSSR count). The summed E-state index contributed by atoms with van der Waals surface area (Å²) in [5.41, 5.74) is 1.25. The first-order valence-electron chi connectivity index (χ1n) is 8.62. The lowest BCUT2D eigenvalue weighted by Gasteiger charge is -2.06. The Bertz CT molecular complexity index is 975. The molecule has 1 aromatic heterocycles. The van der Waals surface area contributed by atoms with Gasteiger partial charge in [0.15, 0.2) is 0 Å². The lowest BCUT2D eigenvalue weighted by molar-refractivity contribution is 0.376. The Labute approximate surface area is 157 Å². The van der Waals surface area contributed by atoms with E-state index in [9.17, 15) is 12.8 Å². The summed E-state index contributed by atoms with van der Waals surface area (Å²) in [6.07, 6.45) is 1.12. The van der Waals surface area contributed by atoms with E-state index < -0.39 is 15.8 Å². The van der Waals surface area contributed by atoms with E-state index in [2.05, 4.69) is 14.9 Å². The molecule has 27 heavy (non-hydrogen) atoms. The zero-order valence-electron chi connectivity index (χ0n) is 14.6. The number of sulfonamides is 1. The Balaban J connectivity index is 1.43. The maximum Gasteiger partial charge on any atom is 0.227 e. The molecule has 1 N–H and O–H groups in total. The van der Waals surface area contributed by atoms with Crippen LogP contribution in [-0.4, -0.2) is 30.9 Å². The highest BCUT2D eigenvalue weighted by atomic mass is 32.2. The zero-order chi connectivity index (χ0) is 19.1. The lowest BCUT2D eigenvalue weighted by atomic mass is 10.2. The van der Waals surface area contributed by atoms with Crippen LogP contribution in [0, 0.1) is 5.82 Å². The molecule has 0 atom stereocenters. The molecule has 1 heterocycles. The van der Waals surface area contributed by atoms with Gasteiger partial charge in [-0.25, -0.2) is 17.5 Å². The van der Waals surface area contributed by atoms with Crippen LogP contribution in [0.15, 0.2) is 59.1 Å². The molecule has 0 saturated carbocycles. The molecule has 142 valence electrons. The average Bonchev–Trinajstić information content (AvgIpc) is 3.14. The standard InChI is InChI=1S/C19H20FN3O3S/c20-17-10-5-4-7-15(17)12-14-27(24,25)21-13-6-11-18-22-19(23-26-18)16-8-2-1-3-9-16/h1-5,7-10,21H,6,11-14H2. The van der Waals surface area contributed by atoms with Gasteiger partial charge in [0.25, 0.3) is 0 Å². The second kappa shape index (κ2) is 8.88. The van der Waals surface area contributed by atoms with Gasteiger partial charge in [0.1, 0.15) is 5.82 Å². The number of nitrogens with one attached hydrogen (secondary N) is 1. The van der Waals surface area contributed by atoms with Crippen molar-refractivity contribution in [3.8, 4) is 11.4 Å². The zero-order valence-corrected chi connectivity index (χ0v) is 15.5. The molecule has 8 heteroatoms. The molecule has 0 saturated heterocycles. The van der Waals surface area contributed by atoms with E-state index in [-0.39, 0.29) is 18.7 Å². The first kappa shape index (κ1) is 19.2. The van der Waals surface area contributed by atoms with Gasteiger partial charge < -0.3 is 4.52 Å². The van der Waals surface area contributed by atoms with Crippen LogP contribution < -0.4 is 4.72 Å². The summed E-state index contributed by atoms with van der Waals surface area (Å²) >= 11 is 0. The van der Waals surface area contributed by atoms with Crippen molar-refractivity contribution in [1.82, 2.24) is 14.9 Å². The normalized spacial score (nSPS) is 11.6. The number of nitrogens with zero attached hydrogens (tertiary/aromatic N) is 2. The molecular weight excluding hydrogens is 369 g/mol. The minimum atomic E-state index is -3.47. The van der Waals surface area contributed by atoms with Gasteiger partial charge >= 0.3 is 0 Å². The number of rotatable bonds is 9. The van der Waals surface area contributed by atoms with E-state index >= 15 is 0 Å². The fourth-order valence-corrected chi connectivity index (χ4v) is 3.63. The fourth-order valence-electron chi connectivity index (χ4n) is 2.55. The molecule has 0 aliphatic heterocycles. The summed E-state index contributed by atoms with van der Waals surface area (Å²) in [4.78, 5) is 4.30. The van der Waals surface area contributed by atoms with Crippen molar-refractivity contribution < 1.29 is 17.3 Å². The van der Waals surface area contributed by atoms with Crippen molar-refractivity contribution in [3.05, 3.63) is 71.9 Å². The molecule has 6 nitrogen and oxygen atoms in total. The quantitative estimate of drug-likeness (QED) is 0.569. The maximum absolute atomic E-state index is 13.5. The first-order chi connectivity index (χ1) is 13.0. The van der Waals surface area contributed by atoms with E-state index in [1.165, 1.54) is 6.07 Å². The Morgan fingerprint density at radius 2 is 1.74 bits per heavy atom. The lowest BCUT2D eigenvalue weighted by Crippen LogP contribution is -2.28. The monoisotopic (exact) mass is 389 g/mol. The minimum absolute atomic E-state index is 0.131. The molecular formula is C19H20FN3O3S. The van der Waals surface area contributed by atoms with Crippen LogP contribution in [-0.2, 0) is 22.9 Å². The topological polar surface area (TPSA) is 85.1 Å². The maximum atomic E-state index is 13.5. The van der Waals surface area contributed by atoms with Crippen LogP contribution in [0.5, 0.6) is 0 Å². The SMILES string of the molecule is O=S(=O)(CCc1ccccc1F)NCCCc1nc(-c2ccccc2)no1. The number of benzene rings is 2. The molecule has 0 bridgehead atoms. The van der Waals surface area contributed by atoms with Gasteiger partial charge in [0.2, 0.25) is 21.7 Å². The average molecular weight is 389 g/mol. The number of aryl methyl sites for hydroxylation is 2. The predicted molar refractivity (Wildman–Crippen MR) is 99.9 cm³/mol. The molecule has 0 radical (unpaired) electrons. The molecule has 0 spiro atoms.